The van der Waals surface area contributed by atoms with E-state index in [9.17, 15) is 18.0 Å². The van der Waals surface area contributed by atoms with Crippen LogP contribution in [0.25, 0.3) is 10.2 Å². The van der Waals surface area contributed by atoms with Crippen LogP contribution in [0.2, 0.25) is 0 Å². The molecule has 3 aromatic rings. The van der Waals surface area contributed by atoms with Gasteiger partial charge in [0.2, 0.25) is 0 Å². The first-order valence-electron chi connectivity index (χ1n) is 9.75. The normalized spacial score (nSPS) is 11.2. The second-order valence-corrected chi connectivity index (χ2v) is 8.03. The zero-order valence-electron chi connectivity index (χ0n) is 18.0. The molecule has 0 radical (unpaired) electrons. The van der Waals surface area contributed by atoms with Crippen LogP contribution in [0.1, 0.15) is 0 Å². The molecule has 7 nitrogen and oxygen atoms in total. The number of carbonyl (C=O) groups is 1. The second-order valence-electron chi connectivity index (χ2n) is 7.02. The van der Waals surface area contributed by atoms with Crippen molar-refractivity contribution in [3.8, 4) is 11.5 Å². The fraction of sp³-hybridized carbons (Fsp3) is 0.333. The van der Waals surface area contributed by atoms with Gasteiger partial charge in [-0.05, 0) is 38.4 Å². The van der Waals surface area contributed by atoms with Gasteiger partial charge in [-0.1, -0.05) is 29.5 Å². The Bertz CT molecular complexity index is 1030. The molecule has 0 aliphatic heterocycles. The monoisotopic (exact) mass is 504 g/mol. The molecule has 1 heterocycles. The van der Waals surface area contributed by atoms with E-state index in [-0.39, 0.29) is 37.3 Å². The van der Waals surface area contributed by atoms with Crippen molar-refractivity contribution < 1.29 is 27.4 Å². The number of rotatable bonds is 9. The third-order valence-corrected chi connectivity index (χ3v) is 5.26. The predicted molar refractivity (Wildman–Crippen MR) is 125 cm³/mol. The van der Waals surface area contributed by atoms with Gasteiger partial charge in [-0.2, -0.15) is 0 Å². The number of nitrogens with one attached hydrogen (secondary N) is 1. The number of urea groups is 1. The minimum absolute atomic E-state index is 0. The Hall–Kier alpha value is -2.76. The maximum Gasteiger partial charge on any atom is 0.573 e. The number of alkyl halides is 3. The lowest BCUT2D eigenvalue weighted by molar-refractivity contribution is -0.274. The molecule has 2 aromatic carbocycles. The molecular weight excluding hydrogens is 481 g/mol. The number of hydrogen-bond acceptors (Lipinski definition) is 6. The van der Waals surface area contributed by atoms with Crippen LogP contribution >= 0.6 is 23.7 Å². The Morgan fingerprint density at radius 2 is 1.82 bits per heavy atom. The average molecular weight is 505 g/mol. The summed E-state index contributed by atoms with van der Waals surface area (Å²) >= 11 is 1.12. The van der Waals surface area contributed by atoms with Gasteiger partial charge in [0, 0.05) is 19.2 Å². The summed E-state index contributed by atoms with van der Waals surface area (Å²) in [6.07, 6.45) is -4.78. The van der Waals surface area contributed by atoms with E-state index in [0.29, 0.717) is 34.2 Å². The molecule has 12 heteroatoms. The number of thiazole rings is 1. The minimum atomic E-state index is -4.78. The predicted octanol–water partition coefficient (Wildman–Crippen LogP) is 4.77. The third kappa shape index (κ3) is 8.26. The number of para-hydroxylation sites is 1. The highest BCUT2D eigenvalue weighted by atomic mass is 35.5. The molecule has 0 atom stereocenters. The first kappa shape index (κ1) is 26.5. The molecule has 0 aliphatic carbocycles. The summed E-state index contributed by atoms with van der Waals surface area (Å²) in [6, 6.07) is 12.8. The first-order valence-corrected chi connectivity index (χ1v) is 10.6. The second kappa shape index (κ2) is 11.9. The Morgan fingerprint density at radius 1 is 1.09 bits per heavy atom. The van der Waals surface area contributed by atoms with Gasteiger partial charge in [0.05, 0.1) is 16.8 Å². The van der Waals surface area contributed by atoms with Crippen molar-refractivity contribution in [1.82, 2.24) is 15.2 Å². The van der Waals surface area contributed by atoms with Gasteiger partial charge in [0.1, 0.15) is 18.1 Å². The van der Waals surface area contributed by atoms with Crippen LogP contribution in [0.15, 0.2) is 48.5 Å². The van der Waals surface area contributed by atoms with Crippen LogP contribution in [0, 0.1) is 0 Å². The summed E-state index contributed by atoms with van der Waals surface area (Å²) in [4.78, 5) is 20.6. The van der Waals surface area contributed by atoms with Gasteiger partial charge in [0.15, 0.2) is 5.13 Å². The number of ether oxygens (including phenoxy) is 2. The Morgan fingerprint density at radius 3 is 2.48 bits per heavy atom. The molecule has 0 unspecified atom stereocenters. The van der Waals surface area contributed by atoms with Gasteiger partial charge in [-0.15, -0.1) is 25.6 Å². The van der Waals surface area contributed by atoms with E-state index in [0.717, 1.165) is 11.3 Å². The first-order chi connectivity index (χ1) is 15.2. The van der Waals surface area contributed by atoms with Crippen molar-refractivity contribution in [3.63, 3.8) is 0 Å². The zero-order chi connectivity index (χ0) is 23.1. The van der Waals surface area contributed by atoms with E-state index < -0.39 is 6.36 Å². The molecule has 0 spiro atoms. The van der Waals surface area contributed by atoms with Crippen LogP contribution in [0.3, 0.4) is 0 Å². The lowest BCUT2D eigenvalue weighted by Gasteiger charge is -2.22. The molecule has 0 aliphatic rings. The summed E-state index contributed by atoms with van der Waals surface area (Å²) in [7, 11) is 3.76. The standard InChI is InChI=1S/C21H23F3N4O3S.ClH/c1-27(2)11-12-28(19(29)25-10-13-30-15-6-4-3-5-7-15)20-26-17-9-8-16(14-18(17)32-20)31-21(22,23)24;/h3-9,14H,10-13H2,1-2H3,(H,25,29);1H. The molecule has 1 aromatic heterocycles. The number of halogens is 4. The maximum atomic E-state index is 12.8. The van der Waals surface area contributed by atoms with Crippen LogP contribution in [0.5, 0.6) is 11.5 Å². The van der Waals surface area contributed by atoms with E-state index in [1.807, 2.05) is 49.3 Å². The van der Waals surface area contributed by atoms with Gasteiger partial charge < -0.3 is 19.7 Å². The highest BCUT2D eigenvalue weighted by molar-refractivity contribution is 7.22. The van der Waals surface area contributed by atoms with Crippen molar-refractivity contribution in [1.29, 1.82) is 0 Å². The lowest BCUT2D eigenvalue weighted by Crippen LogP contribution is -2.44. The van der Waals surface area contributed by atoms with E-state index >= 15 is 0 Å². The quantitative estimate of drug-likeness (QED) is 0.425. The molecule has 3 rings (SSSR count). The van der Waals surface area contributed by atoms with Crippen molar-refractivity contribution in [2.45, 2.75) is 6.36 Å². The summed E-state index contributed by atoms with van der Waals surface area (Å²) in [6.45, 7) is 1.49. The topological polar surface area (TPSA) is 66.9 Å². The highest BCUT2D eigenvalue weighted by Crippen LogP contribution is 2.33. The molecule has 1 N–H and O–H groups in total. The fourth-order valence-corrected chi connectivity index (χ4v) is 3.75. The summed E-state index contributed by atoms with van der Waals surface area (Å²) in [5.41, 5.74) is 0.481. The molecule has 0 bridgehead atoms. The zero-order valence-corrected chi connectivity index (χ0v) is 19.6. The number of benzene rings is 2. The van der Waals surface area contributed by atoms with Crippen molar-refractivity contribution in [3.05, 3.63) is 48.5 Å². The Balaban J connectivity index is 0.00000385. The SMILES string of the molecule is CN(C)CCN(C(=O)NCCOc1ccccc1)c1nc2ccc(OC(F)(F)F)cc2s1.Cl. The number of hydrogen-bond donors (Lipinski definition) is 1. The number of nitrogens with zero attached hydrogens (tertiary/aromatic N) is 3. The van der Waals surface area contributed by atoms with Gasteiger partial charge in [-0.25, -0.2) is 9.78 Å². The number of aromatic nitrogens is 1. The third-order valence-electron chi connectivity index (χ3n) is 4.22. The summed E-state index contributed by atoms with van der Waals surface area (Å²) < 4.78 is 47.5. The number of carbonyl (C=O) groups excluding carboxylic acids is 1. The molecule has 33 heavy (non-hydrogen) atoms. The van der Waals surface area contributed by atoms with Gasteiger partial charge in [-0.3, -0.25) is 4.90 Å². The summed E-state index contributed by atoms with van der Waals surface area (Å²) in [5, 5.41) is 3.18. The summed E-state index contributed by atoms with van der Waals surface area (Å²) in [5.74, 6) is 0.372. The highest BCUT2D eigenvalue weighted by Gasteiger charge is 2.31. The number of amides is 2. The van der Waals surface area contributed by atoms with Crippen molar-refractivity contribution in [2.75, 3.05) is 45.2 Å². The van der Waals surface area contributed by atoms with E-state index in [4.69, 9.17) is 4.74 Å². The smallest absolute Gasteiger partial charge is 0.492 e. The van der Waals surface area contributed by atoms with E-state index in [1.165, 1.54) is 23.1 Å². The molecule has 2 amide bonds. The molecule has 0 saturated carbocycles. The van der Waals surface area contributed by atoms with E-state index in [2.05, 4.69) is 15.0 Å². The molecule has 0 saturated heterocycles. The molecule has 0 fully saturated rings. The van der Waals surface area contributed by atoms with Crippen LogP contribution in [-0.4, -0.2) is 62.6 Å². The number of anilines is 1. The molecule has 180 valence electrons. The number of likely N-dealkylation sites (N-methyl/N-ethyl adjacent to an activating group) is 1. The molecular formula is C21H24ClF3N4O3S. The van der Waals surface area contributed by atoms with Crippen molar-refractivity contribution in [2.24, 2.45) is 0 Å². The Kier molecular flexibility index (Phi) is 9.56. The van der Waals surface area contributed by atoms with Crippen LogP contribution in [0.4, 0.5) is 23.1 Å². The van der Waals surface area contributed by atoms with Gasteiger partial charge >= 0.3 is 12.4 Å². The fourth-order valence-electron chi connectivity index (χ4n) is 2.73. The maximum absolute atomic E-state index is 12.8. The van der Waals surface area contributed by atoms with Crippen LogP contribution in [-0.2, 0) is 0 Å². The lowest BCUT2D eigenvalue weighted by atomic mass is 10.3. The average Bonchev–Trinajstić information content (AvgIpc) is 3.13. The van der Waals surface area contributed by atoms with Crippen molar-refractivity contribution >= 4 is 45.1 Å². The van der Waals surface area contributed by atoms with E-state index in [1.54, 1.807) is 0 Å². The van der Waals surface area contributed by atoms with Crippen LogP contribution < -0.4 is 19.7 Å². The largest absolute Gasteiger partial charge is 0.573 e. The van der Waals surface area contributed by atoms with Gasteiger partial charge in [0.25, 0.3) is 0 Å². The Labute approximate surface area is 199 Å². The minimum Gasteiger partial charge on any atom is -0.492 e. The number of fused-ring (bicyclic) bond motifs is 1.